The lowest BCUT2D eigenvalue weighted by Gasteiger charge is -2.13. The zero-order valence-corrected chi connectivity index (χ0v) is 16.9. The molecule has 0 fully saturated rings. The van der Waals surface area contributed by atoms with Crippen molar-refractivity contribution in [2.24, 2.45) is 4.99 Å². The minimum absolute atomic E-state index is 0.175. The van der Waals surface area contributed by atoms with Crippen LogP contribution in [-0.4, -0.2) is 40.6 Å². The third kappa shape index (κ3) is 7.65. The van der Waals surface area contributed by atoms with Gasteiger partial charge in [0.25, 0.3) is 0 Å². The molecule has 1 aromatic heterocycles. The van der Waals surface area contributed by atoms with Crippen LogP contribution in [0.1, 0.15) is 16.7 Å². The summed E-state index contributed by atoms with van der Waals surface area (Å²) >= 11 is 0. The van der Waals surface area contributed by atoms with Crippen LogP contribution in [0.5, 0.6) is 5.75 Å². The molecule has 0 aliphatic rings. The number of guanidine groups is 1. The minimum Gasteiger partial charge on any atom is -0.484 e. The Bertz CT molecular complexity index is 972. The van der Waals surface area contributed by atoms with Crippen LogP contribution < -0.4 is 15.4 Å². The molecule has 0 aliphatic heterocycles. The lowest BCUT2D eigenvalue weighted by Crippen LogP contribution is -2.36. The van der Waals surface area contributed by atoms with Crippen LogP contribution in [0.3, 0.4) is 0 Å². The molecule has 0 bridgehead atoms. The van der Waals surface area contributed by atoms with E-state index in [9.17, 15) is 13.2 Å². The average Bonchev–Trinajstić information content (AvgIpc) is 3.26. The van der Waals surface area contributed by atoms with Crippen LogP contribution in [0.15, 0.2) is 66.2 Å². The van der Waals surface area contributed by atoms with Gasteiger partial charge in [-0.25, -0.2) is 9.67 Å². The summed E-state index contributed by atoms with van der Waals surface area (Å²) in [6, 6.07) is 14.6. The van der Waals surface area contributed by atoms with E-state index in [1.54, 1.807) is 30.2 Å². The Kier molecular flexibility index (Phi) is 7.47. The molecule has 0 aliphatic carbocycles. The number of ether oxygens (including phenoxy) is 1. The maximum absolute atomic E-state index is 12.2. The van der Waals surface area contributed by atoms with E-state index in [1.165, 1.54) is 18.5 Å². The standard InChI is InChI=1S/C21H23F3N6O/c1-25-20(27-10-16-5-7-19(8-6-16)31-13-21(22,23)24)28-11-17-3-2-4-18(9-17)12-30-15-26-14-29-30/h2-9,14-15H,10-13H2,1H3,(H2,25,27,28). The zero-order chi connectivity index (χ0) is 22.1. The molecule has 164 valence electrons. The first-order chi connectivity index (χ1) is 14.9. The van der Waals surface area contributed by atoms with Crippen LogP contribution in [0.2, 0.25) is 0 Å². The first-order valence-electron chi connectivity index (χ1n) is 9.54. The van der Waals surface area contributed by atoms with Gasteiger partial charge in [0.05, 0.1) is 6.54 Å². The Balaban J connectivity index is 1.46. The zero-order valence-electron chi connectivity index (χ0n) is 16.9. The van der Waals surface area contributed by atoms with Crippen LogP contribution in [-0.2, 0) is 19.6 Å². The van der Waals surface area contributed by atoms with E-state index in [2.05, 4.69) is 31.8 Å². The summed E-state index contributed by atoms with van der Waals surface area (Å²) in [5.74, 6) is 0.786. The molecule has 3 aromatic rings. The van der Waals surface area contributed by atoms with Crippen molar-refractivity contribution in [2.75, 3.05) is 13.7 Å². The number of rotatable bonds is 8. The van der Waals surface area contributed by atoms with E-state index < -0.39 is 12.8 Å². The lowest BCUT2D eigenvalue weighted by atomic mass is 10.1. The van der Waals surface area contributed by atoms with Crippen molar-refractivity contribution in [3.8, 4) is 5.75 Å². The van der Waals surface area contributed by atoms with Gasteiger partial charge < -0.3 is 15.4 Å². The first-order valence-corrected chi connectivity index (χ1v) is 9.54. The number of hydrogen-bond acceptors (Lipinski definition) is 4. The summed E-state index contributed by atoms with van der Waals surface area (Å²) in [5.41, 5.74) is 3.09. The van der Waals surface area contributed by atoms with E-state index in [0.29, 0.717) is 25.6 Å². The molecule has 0 unspecified atom stereocenters. The van der Waals surface area contributed by atoms with Crippen LogP contribution >= 0.6 is 0 Å². The van der Waals surface area contributed by atoms with E-state index in [-0.39, 0.29) is 5.75 Å². The van der Waals surface area contributed by atoms with Crippen LogP contribution in [0.25, 0.3) is 0 Å². The smallest absolute Gasteiger partial charge is 0.422 e. The van der Waals surface area contributed by atoms with Gasteiger partial charge in [-0.2, -0.15) is 18.3 Å². The highest BCUT2D eigenvalue weighted by atomic mass is 19.4. The van der Waals surface area contributed by atoms with Crippen molar-refractivity contribution < 1.29 is 17.9 Å². The molecule has 2 aromatic carbocycles. The van der Waals surface area contributed by atoms with Gasteiger partial charge in [-0.1, -0.05) is 36.4 Å². The highest BCUT2D eigenvalue weighted by Gasteiger charge is 2.28. The molecule has 0 spiro atoms. The highest BCUT2D eigenvalue weighted by molar-refractivity contribution is 5.79. The fraction of sp³-hybridized carbons (Fsp3) is 0.286. The fourth-order valence-electron chi connectivity index (χ4n) is 2.80. The topological polar surface area (TPSA) is 76.4 Å². The Morgan fingerprint density at radius 1 is 1.03 bits per heavy atom. The quantitative estimate of drug-likeness (QED) is 0.423. The minimum atomic E-state index is -4.35. The van der Waals surface area contributed by atoms with Gasteiger partial charge >= 0.3 is 6.18 Å². The maximum Gasteiger partial charge on any atom is 0.422 e. The number of nitrogens with zero attached hydrogens (tertiary/aromatic N) is 4. The first kappa shape index (κ1) is 22.1. The molecule has 1 heterocycles. The number of aromatic nitrogens is 3. The monoisotopic (exact) mass is 432 g/mol. The number of benzene rings is 2. The SMILES string of the molecule is CN=C(NCc1ccc(OCC(F)(F)F)cc1)NCc1cccc(Cn2cncn2)c1. The van der Waals surface area contributed by atoms with Gasteiger partial charge in [0.2, 0.25) is 0 Å². The Morgan fingerprint density at radius 3 is 2.39 bits per heavy atom. The predicted octanol–water partition coefficient (Wildman–Crippen LogP) is 3.13. The van der Waals surface area contributed by atoms with Gasteiger partial charge in [-0.3, -0.25) is 4.99 Å². The fourth-order valence-corrected chi connectivity index (χ4v) is 2.80. The summed E-state index contributed by atoms with van der Waals surface area (Å²) in [6.07, 6.45) is -1.18. The molecular weight excluding hydrogens is 409 g/mol. The van der Waals surface area contributed by atoms with Crippen LogP contribution in [0, 0.1) is 0 Å². The molecule has 3 rings (SSSR count). The van der Waals surface area contributed by atoms with Gasteiger partial charge in [0, 0.05) is 20.1 Å². The summed E-state index contributed by atoms with van der Waals surface area (Å²) in [7, 11) is 1.67. The lowest BCUT2D eigenvalue weighted by molar-refractivity contribution is -0.153. The van der Waals surface area contributed by atoms with Gasteiger partial charge in [0.15, 0.2) is 12.6 Å². The molecule has 0 saturated heterocycles. The van der Waals surface area contributed by atoms with Crippen LogP contribution in [0.4, 0.5) is 13.2 Å². The van der Waals surface area contributed by atoms with E-state index in [1.807, 2.05) is 18.2 Å². The van der Waals surface area contributed by atoms with E-state index in [4.69, 9.17) is 4.74 Å². The second-order valence-electron chi connectivity index (χ2n) is 6.74. The van der Waals surface area contributed by atoms with Crippen molar-refractivity contribution in [1.82, 2.24) is 25.4 Å². The number of hydrogen-bond donors (Lipinski definition) is 2. The van der Waals surface area contributed by atoms with Gasteiger partial charge in [0.1, 0.15) is 18.4 Å². The summed E-state index contributed by atoms with van der Waals surface area (Å²) in [6.45, 7) is 0.380. The van der Waals surface area contributed by atoms with Crippen molar-refractivity contribution in [3.05, 3.63) is 77.9 Å². The molecule has 10 heteroatoms. The second kappa shape index (κ2) is 10.5. The van der Waals surface area contributed by atoms with Gasteiger partial charge in [-0.05, 0) is 28.8 Å². The number of halogens is 3. The Hall–Kier alpha value is -3.56. The summed E-state index contributed by atoms with van der Waals surface area (Å²) in [5, 5.41) is 10.5. The summed E-state index contributed by atoms with van der Waals surface area (Å²) in [4.78, 5) is 8.14. The van der Waals surface area contributed by atoms with Gasteiger partial charge in [-0.15, -0.1) is 0 Å². The largest absolute Gasteiger partial charge is 0.484 e. The number of aliphatic imine (C=N–C) groups is 1. The van der Waals surface area contributed by atoms with Crippen molar-refractivity contribution in [2.45, 2.75) is 25.8 Å². The number of nitrogens with one attached hydrogen (secondary N) is 2. The molecule has 31 heavy (non-hydrogen) atoms. The average molecular weight is 432 g/mol. The van der Waals surface area contributed by atoms with Crippen molar-refractivity contribution in [3.63, 3.8) is 0 Å². The molecule has 2 N–H and O–H groups in total. The van der Waals surface area contributed by atoms with Crippen molar-refractivity contribution >= 4 is 5.96 Å². The molecular formula is C21H23F3N6O. The number of alkyl halides is 3. The Morgan fingerprint density at radius 2 is 1.74 bits per heavy atom. The molecule has 0 amide bonds. The second-order valence-corrected chi connectivity index (χ2v) is 6.74. The molecule has 0 saturated carbocycles. The maximum atomic E-state index is 12.2. The third-order valence-corrected chi connectivity index (χ3v) is 4.27. The highest BCUT2D eigenvalue weighted by Crippen LogP contribution is 2.18. The van der Waals surface area contributed by atoms with E-state index in [0.717, 1.165) is 16.7 Å². The predicted molar refractivity (Wildman–Crippen MR) is 111 cm³/mol. The molecule has 0 radical (unpaired) electrons. The Labute approximate surface area is 178 Å². The van der Waals surface area contributed by atoms with E-state index >= 15 is 0 Å². The van der Waals surface area contributed by atoms with Crippen molar-refractivity contribution in [1.29, 1.82) is 0 Å². The normalized spacial score (nSPS) is 11.9. The summed E-state index contributed by atoms with van der Waals surface area (Å²) < 4.78 is 43.1. The third-order valence-electron chi connectivity index (χ3n) is 4.27. The molecule has 0 atom stereocenters. The molecule has 7 nitrogen and oxygen atoms in total.